The second-order valence-electron chi connectivity index (χ2n) is 7.37. The Hall–Kier alpha value is -2.58. The minimum atomic E-state index is -0.402. The minimum Gasteiger partial charge on any atom is -0.459 e. The van der Waals surface area contributed by atoms with Crippen molar-refractivity contribution in [3.05, 3.63) is 94.1 Å². The molecule has 3 aromatic heterocycles. The second kappa shape index (κ2) is 8.99. The molecule has 0 fully saturated rings. The van der Waals surface area contributed by atoms with Crippen LogP contribution in [0.1, 0.15) is 26.2 Å². The average Bonchev–Trinajstić information content (AvgIpc) is 3.55. The SMILES string of the molecule is N#CC1=C(N)OC2=C(CN(C(=O)c3ccco3)C/C2=C\c2ccc(Br)s2)C1c1ccc(Br)s1. The summed E-state index contributed by atoms with van der Waals surface area (Å²) >= 11 is 10.1. The first kappa shape index (κ1) is 22.2. The molecule has 0 radical (unpaired) electrons. The molecule has 6 nitrogen and oxygen atoms in total. The summed E-state index contributed by atoms with van der Waals surface area (Å²) in [4.78, 5) is 16.9. The predicted octanol–water partition coefficient (Wildman–Crippen LogP) is 6.23. The van der Waals surface area contributed by atoms with Gasteiger partial charge in [0.2, 0.25) is 5.88 Å². The van der Waals surface area contributed by atoms with E-state index in [4.69, 9.17) is 14.9 Å². The molecule has 0 spiro atoms. The highest BCUT2D eigenvalue weighted by atomic mass is 79.9. The van der Waals surface area contributed by atoms with Crippen LogP contribution in [0.3, 0.4) is 0 Å². The Balaban J connectivity index is 1.66. The smallest absolute Gasteiger partial charge is 0.290 e. The van der Waals surface area contributed by atoms with Crippen LogP contribution in [0, 0.1) is 11.3 Å². The quantitative estimate of drug-likeness (QED) is 0.383. The van der Waals surface area contributed by atoms with Crippen LogP contribution in [0.5, 0.6) is 0 Å². The Morgan fingerprint density at radius 3 is 2.61 bits per heavy atom. The molecule has 0 saturated heterocycles. The molecule has 1 amide bonds. The Labute approximate surface area is 214 Å². The van der Waals surface area contributed by atoms with E-state index in [-0.39, 0.29) is 17.6 Å². The minimum absolute atomic E-state index is 0.0924. The number of ether oxygens (including phenoxy) is 1. The average molecular weight is 605 g/mol. The largest absolute Gasteiger partial charge is 0.459 e. The van der Waals surface area contributed by atoms with E-state index in [0.717, 1.165) is 28.5 Å². The Kier molecular flexibility index (Phi) is 6.05. The van der Waals surface area contributed by atoms with Crippen molar-refractivity contribution in [3.8, 4) is 6.07 Å². The Morgan fingerprint density at radius 1 is 1.18 bits per heavy atom. The molecule has 10 heteroatoms. The third-order valence-electron chi connectivity index (χ3n) is 5.35. The molecule has 5 rings (SSSR count). The van der Waals surface area contributed by atoms with Gasteiger partial charge in [-0.1, -0.05) is 0 Å². The van der Waals surface area contributed by atoms with Gasteiger partial charge < -0.3 is 19.8 Å². The third-order valence-corrected chi connectivity index (χ3v) is 8.61. The number of nitrogens with zero attached hydrogens (tertiary/aromatic N) is 2. The van der Waals surface area contributed by atoms with E-state index < -0.39 is 5.92 Å². The summed E-state index contributed by atoms with van der Waals surface area (Å²) in [6.07, 6.45) is 3.48. The van der Waals surface area contributed by atoms with Gasteiger partial charge in [0.1, 0.15) is 17.4 Å². The maximum atomic E-state index is 13.2. The lowest BCUT2D eigenvalue weighted by Gasteiger charge is -2.37. The van der Waals surface area contributed by atoms with E-state index in [1.165, 1.54) is 17.6 Å². The molecule has 5 heterocycles. The fourth-order valence-electron chi connectivity index (χ4n) is 3.96. The summed E-state index contributed by atoms with van der Waals surface area (Å²) in [5.74, 6) is 0.349. The van der Waals surface area contributed by atoms with Crippen molar-refractivity contribution in [3.63, 3.8) is 0 Å². The summed E-state index contributed by atoms with van der Waals surface area (Å²) in [5, 5.41) is 9.91. The zero-order valence-corrected chi connectivity index (χ0v) is 21.7. The van der Waals surface area contributed by atoms with Gasteiger partial charge in [-0.05, 0) is 74.3 Å². The van der Waals surface area contributed by atoms with Crippen LogP contribution in [0.2, 0.25) is 0 Å². The zero-order valence-electron chi connectivity index (χ0n) is 16.9. The molecular formula is C23H15Br2N3O3S2. The van der Waals surface area contributed by atoms with Gasteiger partial charge >= 0.3 is 0 Å². The number of thiophene rings is 2. The monoisotopic (exact) mass is 603 g/mol. The number of hydrogen-bond acceptors (Lipinski definition) is 7. The first-order valence-electron chi connectivity index (χ1n) is 9.79. The number of nitriles is 1. The van der Waals surface area contributed by atoms with Gasteiger partial charge in [0.15, 0.2) is 5.76 Å². The predicted molar refractivity (Wildman–Crippen MR) is 134 cm³/mol. The standard InChI is InChI=1S/C23H15Br2N3O3S2/c24-18-5-3-13(32-18)8-12-10-28(23(29)16-2-1-7-30-16)11-15-20(17-4-6-19(25)33-17)14(9-26)22(27)31-21(12)15/h1-8,20H,10-11,27H2/b12-8+. The van der Waals surface area contributed by atoms with Gasteiger partial charge in [-0.2, -0.15) is 5.26 Å². The van der Waals surface area contributed by atoms with Gasteiger partial charge in [-0.15, -0.1) is 22.7 Å². The van der Waals surface area contributed by atoms with Crippen molar-refractivity contribution in [2.45, 2.75) is 5.92 Å². The summed E-state index contributed by atoms with van der Waals surface area (Å²) in [7, 11) is 0. The lowest BCUT2D eigenvalue weighted by Crippen LogP contribution is -2.41. The number of amides is 1. The van der Waals surface area contributed by atoms with E-state index in [0.29, 0.717) is 24.4 Å². The number of furan rings is 1. The summed E-state index contributed by atoms with van der Waals surface area (Å²) in [6.45, 7) is 0.614. The van der Waals surface area contributed by atoms with Crippen molar-refractivity contribution in [1.82, 2.24) is 4.90 Å². The van der Waals surface area contributed by atoms with E-state index in [2.05, 4.69) is 37.9 Å². The topological polar surface area (TPSA) is 92.5 Å². The number of rotatable bonds is 3. The molecule has 0 aromatic carbocycles. The highest BCUT2D eigenvalue weighted by molar-refractivity contribution is 9.11. The van der Waals surface area contributed by atoms with Crippen LogP contribution in [0.25, 0.3) is 6.08 Å². The molecule has 0 saturated carbocycles. The van der Waals surface area contributed by atoms with Crippen molar-refractivity contribution in [2.75, 3.05) is 13.1 Å². The molecule has 33 heavy (non-hydrogen) atoms. The number of hydrogen-bond donors (Lipinski definition) is 1. The summed E-state index contributed by atoms with van der Waals surface area (Å²) in [6, 6.07) is 13.4. The molecule has 2 N–H and O–H groups in total. The maximum Gasteiger partial charge on any atom is 0.290 e. The molecule has 2 aliphatic rings. The van der Waals surface area contributed by atoms with Gasteiger partial charge in [0, 0.05) is 27.4 Å². The van der Waals surface area contributed by atoms with Crippen LogP contribution in [0.15, 0.2) is 83.0 Å². The van der Waals surface area contributed by atoms with Gasteiger partial charge in [0.25, 0.3) is 5.91 Å². The second-order valence-corrected chi connectivity index (χ2v) is 12.4. The number of carbonyl (C=O) groups is 1. The Bertz CT molecular complexity index is 1380. The lowest BCUT2D eigenvalue weighted by molar-refractivity contribution is 0.0736. The maximum absolute atomic E-state index is 13.2. The highest BCUT2D eigenvalue weighted by Gasteiger charge is 2.40. The molecule has 2 aliphatic heterocycles. The number of halogens is 2. The van der Waals surface area contributed by atoms with Crippen molar-refractivity contribution >= 4 is 66.5 Å². The fraction of sp³-hybridized carbons (Fsp3) is 0.130. The van der Waals surface area contributed by atoms with Gasteiger partial charge in [0.05, 0.1) is 26.3 Å². The van der Waals surface area contributed by atoms with E-state index in [1.807, 2.05) is 30.3 Å². The van der Waals surface area contributed by atoms with Crippen molar-refractivity contribution in [1.29, 1.82) is 5.26 Å². The van der Waals surface area contributed by atoms with E-state index in [9.17, 15) is 10.1 Å². The van der Waals surface area contributed by atoms with Crippen molar-refractivity contribution < 1.29 is 13.9 Å². The number of carbonyl (C=O) groups excluding carboxylic acids is 1. The van der Waals surface area contributed by atoms with Crippen LogP contribution in [0.4, 0.5) is 0 Å². The number of nitrogens with two attached hydrogens (primary N) is 1. The normalized spacial score (nSPS) is 19.5. The summed E-state index contributed by atoms with van der Waals surface area (Å²) in [5.41, 5.74) is 8.20. The molecule has 3 aromatic rings. The molecule has 1 atom stereocenters. The highest BCUT2D eigenvalue weighted by Crippen LogP contribution is 2.46. The zero-order chi connectivity index (χ0) is 23.1. The fourth-order valence-corrected chi connectivity index (χ4v) is 6.92. The van der Waals surface area contributed by atoms with Crippen LogP contribution >= 0.6 is 54.5 Å². The first-order chi connectivity index (χ1) is 15.9. The molecule has 1 unspecified atom stereocenters. The van der Waals surface area contributed by atoms with Crippen molar-refractivity contribution in [2.24, 2.45) is 5.73 Å². The van der Waals surface area contributed by atoms with Crippen LogP contribution in [-0.4, -0.2) is 23.9 Å². The number of allylic oxidation sites excluding steroid dienone is 1. The molecule has 0 aliphatic carbocycles. The van der Waals surface area contributed by atoms with Crippen LogP contribution in [-0.2, 0) is 4.74 Å². The lowest BCUT2D eigenvalue weighted by atomic mass is 9.83. The van der Waals surface area contributed by atoms with Crippen LogP contribution < -0.4 is 5.73 Å². The summed E-state index contributed by atoms with van der Waals surface area (Å²) < 4.78 is 13.3. The molecule has 0 bridgehead atoms. The Morgan fingerprint density at radius 2 is 1.97 bits per heavy atom. The molecular weight excluding hydrogens is 590 g/mol. The van der Waals surface area contributed by atoms with E-state index in [1.54, 1.807) is 28.4 Å². The third kappa shape index (κ3) is 4.22. The van der Waals surface area contributed by atoms with E-state index >= 15 is 0 Å². The molecule has 166 valence electrons. The van der Waals surface area contributed by atoms with Gasteiger partial charge in [-0.25, -0.2) is 0 Å². The first-order valence-corrected chi connectivity index (χ1v) is 13.0. The van der Waals surface area contributed by atoms with Gasteiger partial charge in [-0.3, -0.25) is 4.79 Å².